The molecule has 90 valence electrons. The molecule has 0 radical (unpaired) electrons. The van der Waals surface area contributed by atoms with E-state index in [4.69, 9.17) is 10.00 Å². The van der Waals surface area contributed by atoms with E-state index in [2.05, 4.69) is 20.9 Å². The molecule has 1 unspecified atom stereocenters. The predicted octanol–water partition coefficient (Wildman–Crippen LogP) is 2.79. The Morgan fingerprint density at radius 1 is 1.53 bits per heavy atom. The summed E-state index contributed by atoms with van der Waals surface area (Å²) < 4.78 is 5.75. The van der Waals surface area contributed by atoms with Gasteiger partial charge in [-0.1, -0.05) is 6.07 Å². The monoisotopic (exact) mass is 296 g/mol. The fourth-order valence-corrected chi connectivity index (χ4v) is 1.54. The molecule has 0 spiro atoms. The van der Waals surface area contributed by atoms with Gasteiger partial charge in [-0.15, -0.1) is 0 Å². The highest BCUT2D eigenvalue weighted by molar-refractivity contribution is 9.10. The molecule has 5 heteroatoms. The summed E-state index contributed by atoms with van der Waals surface area (Å²) in [6.45, 7) is 5.27. The molecule has 1 heterocycles. The zero-order chi connectivity index (χ0) is 13.1. The number of nitriles is 1. The largest absolute Gasteiger partial charge is 0.459 e. The summed E-state index contributed by atoms with van der Waals surface area (Å²) in [4.78, 5) is 15.9. The Hall–Kier alpha value is -1.41. The molecule has 1 aromatic rings. The first-order valence-electron chi connectivity index (χ1n) is 5.08. The summed E-state index contributed by atoms with van der Waals surface area (Å²) in [5, 5.41) is 9.03. The van der Waals surface area contributed by atoms with Crippen molar-refractivity contribution < 1.29 is 9.53 Å². The lowest BCUT2D eigenvalue weighted by Gasteiger charge is -2.21. The van der Waals surface area contributed by atoms with Crippen molar-refractivity contribution in [3.63, 3.8) is 0 Å². The minimum Gasteiger partial charge on any atom is -0.459 e. The van der Waals surface area contributed by atoms with Crippen molar-refractivity contribution in [3.8, 4) is 6.07 Å². The second kappa shape index (κ2) is 5.28. The Bertz CT molecular complexity index is 460. The number of hydrogen-bond donors (Lipinski definition) is 0. The van der Waals surface area contributed by atoms with Gasteiger partial charge in [0.2, 0.25) is 0 Å². The van der Waals surface area contributed by atoms with Gasteiger partial charge in [-0.3, -0.25) is 4.79 Å². The van der Waals surface area contributed by atoms with Crippen LogP contribution in [0.4, 0.5) is 0 Å². The van der Waals surface area contributed by atoms with E-state index in [0.29, 0.717) is 10.3 Å². The normalized spacial score (nSPS) is 12.6. The average molecular weight is 297 g/mol. The molecule has 0 bridgehead atoms. The first-order chi connectivity index (χ1) is 7.83. The van der Waals surface area contributed by atoms with Gasteiger partial charge >= 0.3 is 5.97 Å². The summed E-state index contributed by atoms with van der Waals surface area (Å²) in [6, 6.07) is 6.99. The van der Waals surface area contributed by atoms with Crippen molar-refractivity contribution in [2.75, 3.05) is 0 Å². The van der Waals surface area contributed by atoms with Crippen molar-refractivity contribution >= 4 is 21.9 Å². The van der Waals surface area contributed by atoms with Crippen LogP contribution in [0.15, 0.2) is 22.8 Å². The number of pyridine rings is 1. The summed E-state index contributed by atoms with van der Waals surface area (Å²) in [5.41, 5.74) is -0.228. The van der Waals surface area contributed by atoms with Crippen molar-refractivity contribution in [3.05, 3.63) is 28.5 Å². The SMILES string of the molecule is CC(C)(C)OC(=O)C(C#N)c1cccc(Br)n1. The maximum absolute atomic E-state index is 11.8. The third-order valence-electron chi connectivity index (χ3n) is 1.80. The summed E-state index contributed by atoms with van der Waals surface area (Å²) in [7, 11) is 0. The number of halogens is 1. The lowest BCUT2D eigenvalue weighted by molar-refractivity contribution is -0.155. The van der Waals surface area contributed by atoms with E-state index in [0.717, 1.165) is 0 Å². The molecular formula is C12H13BrN2O2. The van der Waals surface area contributed by atoms with E-state index in [1.54, 1.807) is 39.0 Å². The zero-order valence-corrected chi connectivity index (χ0v) is 11.5. The molecule has 0 N–H and O–H groups in total. The highest BCUT2D eigenvalue weighted by Gasteiger charge is 2.27. The van der Waals surface area contributed by atoms with Crippen LogP contribution in [-0.4, -0.2) is 16.6 Å². The van der Waals surface area contributed by atoms with E-state index in [1.165, 1.54) is 0 Å². The Balaban J connectivity index is 2.94. The minimum absolute atomic E-state index is 0.385. The highest BCUT2D eigenvalue weighted by atomic mass is 79.9. The van der Waals surface area contributed by atoms with Crippen LogP contribution in [0.3, 0.4) is 0 Å². The van der Waals surface area contributed by atoms with E-state index in [1.807, 2.05) is 6.07 Å². The molecule has 17 heavy (non-hydrogen) atoms. The van der Waals surface area contributed by atoms with E-state index >= 15 is 0 Å². The van der Waals surface area contributed by atoms with Crippen LogP contribution >= 0.6 is 15.9 Å². The van der Waals surface area contributed by atoms with Crippen LogP contribution in [-0.2, 0) is 9.53 Å². The van der Waals surface area contributed by atoms with E-state index in [-0.39, 0.29) is 0 Å². The van der Waals surface area contributed by atoms with Crippen LogP contribution in [0.25, 0.3) is 0 Å². The van der Waals surface area contributed by atoms with Crippen LogP contribution in [0.2, 0.25) is 0 Å². The van der Waals surface area contributed by atoms with Gasteiger partial charge in [0.05, 0.1) is 11.8 Å². The number of hydrogen-bond acceptors (Lipinski definition) is 4. The summed E-state index contributed by atoms with van der Waals surface area (Å²) >= 11 is 3.20. The molecule has 1 aromatic heterocycles. The second-order valence-electron chi connectivity index (χ2n) is 4.48. The minimum atomic E-state index is -0.994. The van der Waals surface area contributed by atoms with Gasteiger partial charge in [-0.05, 0) is 48.8 Å². The zero-order valence-electron chi connectivity index (χ0n) is 9.90. The number of aromatic nitrogens is 1. The van der Waals surface area contributed by atoms with Gasteiger partial charge in [0.15, 0.2) is 5.92 Å². The van der Waals surface area contributed by atoms with Crippen LogP contribution < -0.4 is 0 Å². The lowest BCUT2D eigenvalue weighted by Crippen LogP contribution is -2.27. The number of nitrogens with zero attached hydrogens (tertiary/aromatic N) is 2. The van der Waals surface area contributed by atoms with Crippen molar-refractivity contribution in [1.29, 1.82) is 5.26 Å². The van der Waals surface area contributed by atoms with Gasteiger partial charge in [-0.25, -0.2) is 4.98 Å². The highest BCUT2D eigenvalue weighted by Crippen LogP contribution is 2.20. The molecule has 1 atom stereocenters. The van der Waals surface area contributed by atoms with Gasteiger partial charge in [-0.2, -0.15) is 5.26 Å². The predicted molar refractivity (Wildman–Crippen MR) is 66.1 cm³/mol. The van der Waals surface area contributed by atoms with E-state index < -0.39 is 17.5 Å². The second-order valence-corrected chi connectivity index (χ2v) is 5.29. The van der Waals surface area contributed by atoms with Crippen LogP contribution in [0, 0.1) is 11.3 Å². The Morgan fingerprint density at radius 2 is 2.18 bits per heavy atom. The Morgan fingerprint density at radius 3 is 2.65 bits per heavy atom. The van der Waals surface area contributed by atoms with Crippen molar-refractivity contribution in [2.45, 2.75) is 32.3 Å². The van der Waals surface area contributed by atoms with Gasteiger partial charge < -0.3 is 4.74 Å². The third-order valence-corrected chi connectivity index (χ3v) is 2.25. The fourth-order valence-electron chi connectivity index (χ4n) is 1.19. The first kappa shape index (κ1) is 13.7. The number of ether oxygens (including phenoxy) is 1. The molecule has 0 aliphatic heterocycles. The summed E-state index contributed by atoms with van der Waals surface area (Å²) in [5.74, 6) is -1.57. The Kier molecular flexibility index (Phi) is 4.24. The molecule has 0 saturated heterocycles. The van der Waals surface area contributed by atoms with Crippen molar-refractivity contribution in [2.24, 2.45) is 0 Å². The Labute approximate surface area is 109 Å². The third kappa shape index (κ3) is 4.16. The molecular weight excluding hydrogens is 284 g/mol. The maximum atomic E-state index is 11.8. The first-order valence-corrected chi connectivity index (χ1v) is 5.88. The van der Waals surface area contributed by atoms with E-state index in [9.17, 15) is 4.79 Å². The molecule has 0 fully saturated rings. The standard InChI is InChI=1S/C12H13BrN2O2/c1-12(2,3)17-11(16)8(7-14)9-5-4-6-10(13)15-9/h4-6,8H,1-3H3. The summed E-state index contributed by atoms with van der Waals surface area (Å²) in [6.07, 6.45) is 0. The molecule has 0 aliphatic carbocycles. The lowest BCUT2D eigenvalue weighted by atomic mass is 10.1. The van der Waals surface area contributed by atoms with Gasteiger partial charge in [0.25, 0.3) is 0 Å². The molecule has 0 saturated carbocycles. The molecule has 4 nitrogen and oxygen atoms in total. The number of carbonyl (C=O) groups is 1. The van der Waals surface area contributed by atoms with Gasteiger partial charge in [0, 0.05) is 0 Å². The quantitative estimate of drug-likeness (QED) is 0.622. The maximum Gasteiger partial charge on any atom is 0.330 e. The van der Waals surface area contributed by atoms with Crippen LogP contribution in [0.1, 0.15) is 32.4 Å². The smallest absolute Gasteiger partial charge is 0.330 e. The molecule has 0 amide bonds. The number of carbonyl (C=O) groups excluding carboxylic acids is 1. The molecule has 0 aliphatic rings. The average Bonchev–Trinajstić information content (AvgIpc) is 2.15. The van der Waals surface area contributed by atoms with Gasteiger partial charge in [0.1, 0.15) is 10.2 Å². The van der Waals surface area contributed by atoms with Crippen molar-refractivity contribution in [1.82, 2.24) is 4.98 Å². The van der Waals surface area contributed by atoms with Crippen LogP contribution in [0.5, 0.6) is 0 Å². The number of esters is 1. The topological polar surface area (TPSA) is 63.0 Å². The number of rotatable bonds is 2. The fraction of sp³-hybridized carbons (Fsp3) is 0.417. The molecule has 0 aromatic carbocycles. The molecule has 1 rings (SSSR count).